The Bertz CT molecular complexity index is 954. The number of hydrogen-bond acceptors (Lipinski definition) is 6. The number of halogens is 4. The van der Waals surface area contributed by atoms with Crippen LogP contribution in [-0.4, -0.2) is 25.1 Å². The van der Waals surface area contributed by atoms with Gasteiger partial charge in [0, 0.05) is 29.2 Å². The number of aromatic amines is 1. The highest BCUT2D eigenvalue weighted by molar-refractivity contribution is 6.28. The van der Waals surface area contributed by atoms with Crippen LogP contribution in [0.4, 0.5) is 13.2 Å². The molecule has 0 aromatic carbocycles. The smallest absolute Gasteiger partial charge is 0.329 e. The number of alkyl halides is 3. The second-order valence-corrected chi connectivity index (χ2v) is 5.27. The van der Waals surface area contributed by atoms with Crippen molar-refractivity contribution < 1.29 is 17.7 Å². The molecule has 25 heavy (non-hydrogen) atoms. The number of pyridine rings is 1. The van der Waals surface area contributed by atoms with Gasteiger partial charge in [-0.2, -0.15) is 18.2 Å². The van der Waals surface area contributed by atoms with Gasteiger partial charge in [-0.25, -0.2) is 9.97 Å². The van der Waals surface area contributed by atoms with Gasteiger partial charge in [0.1, 0.15) is 0 Å². The van der Waals surface area contributed by atoms with Gasteiger partial charge < -0.3 is 9.51 Å². The van der Waals surface area contributed by atoms with Gasteiger partial charge in [0.05, 0.1) is 0 Å². The molecule has 3 heterocycles. The van der Waals surface area contributed by atoms with E-state index in [0.29, 0.717) is 12.1 Å². The summed E-state index contributed by atoms with van der Waals surface area (Å²) in [5, 5.41) is 3.38. The summed E-state index contributed by atoms with van der Waals surface area (Å²) >= 11 is 5.70. The number of nitrogens with one attached hydrogen (secondary N) is 1. The molecule has 0 bridgehead atoms. The van der Waals surface area contributed by atoms with Crippen molar-refractivity contribution in [1.82, 2.24) is 25.1 Å². The fourth-order valence-electron chi connectivity index (χ4n) is 2.18. The predicted octanol–water partition coefficient (Wildman–Crippen LogP) is 2.67. The van der Waals surface area contributed by atoms with E-state index in [4.69, 9.17) is 11.6 Å². The highest BCUT2D eigenvalue weighted by Crippen LogP contribution is 2.29. The molecular formula is C14H9ClF3N5O2. The summed E-state index contributed by atoms with van der Waals surface area (Å²) in [6.07, 6.45) is -1.48. The summed E-state index contributed by atoms with van der Waals surface area (Å²) in [7, 11) is 0. The molecule has 0 atom stereocenters. The lowest BCUT2D eigenvalue weighted by Gasteiger charge is -2.05. The second kappa shape index (κ2) is 6.63. The molecule has 0 radical (unpaired) electrons. The molecule has 0 amide bonds. The van der Waals surface area contributed by atoms with E-state index in [9.17, 15) is 18.0 Å². The van der Waals surface area contributed by atoms with Gasteiger partial charge in [0.25, 0.3) is 5.56 Å². The third kappa shape index (κ3) is 3.85. The van der Waals surface area contributed by atoms with Crippen molar-refractivity contribution in [2.75, 3.05) is 0 Å². The van der Waals surface area contributed by atoms with Crippen LogP contribution in [-0.2, 0) is 19.0 Å². The van der Waals surface area contributed by atoms with Gasteiger partial charge in [-0.15, -0.1) is 0 Å². The van der Waals surface area contributed by atoms with Gasteiger partial charge in [-0.05, 0) is 36.6 Å². The molecule has 0 spiro atoms. The Hall–Kier alpha value is -2.75. The quantitative estimate of drug-likeness (QED) is 0.708. The maximum absolute atomic E-state index is 12.6. The van der Waals surface area contributed by atoms with E-state index in [2.05, 4.69) is 29.6 Å². The number of hydrogen-bond donors (Lipinski definition) is 1. The maximum atomic E-state index is 12.6. The van der Waals surface area contributed by atoms with Gasteiger partial charge in [0.2, 0.25) is 11.1 Å². The first-order valence-electron chi connectivity index (χ1n) is 6.94. The van der Waals surface area contributed by atoms with E-state index in [1.807, 2.05) is 0 Å². The molecule has 7 nitrogen and oxygen atoms in total. The molecule has 0 aliphatic rings. The summed E-state index contributed by atoms with van der Waals surface area (Å²) in [5.74, 6) is -1.79. The molecule has 3 rings (SSSR count). The summed E-state index contributed by atoms with van der Waals surface area (Å²) in [6.45, 7) is 0. The molecule has 0 saturated carbocycles. The van der Waals surface area contributed by atoms with Crippen molar-refractivity contribution >= 4 is 11.6 Å². The zero-order chi connectivity index (χ0) is 18.0. The fraction of sp³-hybridized carbons (Fsp3) is 0.214. The maximum Gasteiger partial charge on any atom is 0.471 e. The lowest BCUT2D eigenvalue weighted by Crippen LogP contribution is -2.15. The van der Waals surface area contributed by atoms with Crippen LogP contribution in [0.5, 0.6) is 0 Å². The first-order chi connectivity index (χ1) is 11.8. The number of H-pyrrole nitrogens is 1. The molecule has 1 N–H and O–H groups in total. The normalized spacial score (nSPS) is 11.7. The summed E-state index contributed by atoms with van der Waals surface area (Å²) in [6, 6.07) is 3.04. The number of aromatic nitrogens is 5. The second-order valence-electron chi connectivity index (χ2n) is 4.94. The zero-order valence-corrected chi connectivity index (χ0v) is 13.1. The molecule has 11 heteroatoms. The van der Waals surface area contributed by atoms with E-state index in [0.717, 1.165) is 0 Å². The van der Waals surface area contributed by atoms with E-state index in [1.54, 1.807) is 6.07 Å². The van der Waals surface area contributed by atoms with E-state index in [1.165, 1.54) is 18.5 Å². The van der Waals surface area contributed by atoms with Crippen LogP contribution in [0.2, 0.25) is 5.28 Å². The first kappa shape index (κ1) is 17.1. The third-order valence-corrected chi connectivity index (χ3v) is 3.47. The molecule has 0 aliphatic heterocycles. The van der Waals surface area contributed by atoms with Crippen molar-refractivity contribution in [3.8, 4) is 11.4 Å². The monoisotopic (exact) mass is 371 g/mol. The van der Waals surface area contributed by atoms with Gasteiger partial charge in [-0.3, -0.25) is 4.79 Å². The number of rotatable bonds is 4. The summed E-state index contributed by atoms with van der Waals surface area (Å²) in [4.78, 5) is 25.6. The van der Waals surface area contributed by atoms with Crippen molar-refractivity contribution in [2.45, 2.75) is 19.0 Å². The van der Waals surface area contributed by atoms with Gasteiger partial charge in [0.15, 0.2) is 0 Å². The average molecular weight is 372 g/mol. The van der Waals surface area contributed by atoms with Gasteiger partial charge >= 0.3 is 12.1 Å². The van der Waals surface area contributed by atoms with E-state index >= 15 is 0 Å². The number of nitrogens with zero attached hydrogens (tertiary/aromatic N) is 4. The molecule has 3 aromatic heterocycles. The van der Waals surface area contributed by atoms with Gasteiger partial charge in [-0.1, -0.05) is 5.16 Å². The molecule has 0 unspecified atom stereocenters. The largest absolute Gasteiger partial charge is 0.471 e. The average Bonchev–Trinajstić information content (AvgIpc) is 3.03. The van der Waals surface area contributed by atoms with Crippen LogP contribution in [0.1, 0.15) is 17.1 Å². The first-order valence-corrected chi connectivity index (χ1v) is 7.31. The molecule has 130 valence electrons. The third-order valence-electron chi connectivity index (χ3n) is 3.29. The number of aryl methyl sites for hydroxylation is 1. The summed E-state index contributed by atoms with van der Waals surface area (Å²) in [5.41, 5.74) is 0.490. The minimum atomic E-state index is -4.76. The SMILES string of the molecule is O=c1[nH]ccc(-c2noc(C(F)(F)F)n2)c1CCc1ccnc(Cl)n1. The Labute approximate surface area is 142 Å². The van der Waals surface area contributed by atoms with Crippen molar-refractivity contribution in [1.29, 1.82) is 0 Å². The summed E-state index contributed by atoms with van der Waals surface area (Å²) < 4.78 is 42.1. The lowest BCUT2D eigenvalue weighted by atomic mass is 10.0. The minimum absolute atomic E-state index is 0.0627. The zero-order valence-electron chi connectivity index (χ0n) is 12.3. The Morgan fingerprint density at radius 1 is 1.20 bits per heavy atom. The van der Waals surface area contributed by atoms with Crippen LogP contribution in [0, 0.1) is 0 Å². The predicted molar refractivity (Wildman–Crippen MR) is 79.8 cm³/mol. The standard InChI is InChI=1S/C14H9ClF3N5O2/c15-13-20-5-3-7(21-13)1-2-9-8(4-6-19-11(9)24)10-22-12(25-23-10)14(16,17)18/h3-6H,1-2H2,(H,19,24). The molecule has 0 saturated heterocycles. The topological polar surface area (TPSA) is 97.6 Å². The van der Waals surface area contributed by atoms with Crippen molar-refractivity contribution in [3.05, 3.63) is 57.3 Å². The van der Waals surface area contributed by atoms with E-state index < -0.39 is 17.6 Å². The van der Waals surface area contributed by atoms with Crippen LogP contribution in [0.3, 0.4) is 0 Å². The van der Waals surface area contributed by atoms with Crippen LogP contribution < -0.4 is 5.56 Å². The Morgan fingerprint density at radius 2 is 2.00 bits per heavy atom. The van der Waals surface area contributed by atoms with Crippen molar-refractivity contribution in [2.24, 2.45) is 0 Å². The Balaban J connectivity index is 1.92. The molecule has 3 aromatic rings. The van der Waals surface area contributed by atoms with E-state index in [-0.39, 0.29) is 28.7 Å². The Kier molecular flexibility index (Phi) is 4.53. The van der Waals surface area contributed by atoms with Crippen LogP contribution in [0.25, 0.3) is 11.4 Å². The van der Waals surface area contributed by atoms with Crippen molar-refractivity contribution in [3.63, 3.8) is 0 Å². The highest BCUT2D eigenvalue weighted by Gasteiger charge is 2.38. The minimum Gasteiger partial charge on any atom is -0.329 e. The van der Waals surface area contributed by atoms with Crippen LogP contribution >= 0.6 is 11.6 Å². The molecule has 0 fully saturated rings. The molecular weight excluding hydrogens is 363 g/mol. The molecule has 0 aliphatic carbocycles. The van der Waals surface area contributed by atoms with Crippen LogP contribution in [0.15, 0.2) is 33.8 Å². The fourth-order valence-corrected chi connectivity index (χ4v) is 2.34. The highest BCUT2D eigenvalue weighted by atomic mass is 35.5. The lowest BCUT2D eigenvalue weighted by molar-refractivity contribution is -0.159. The Morgan fingerprint density at radius 3 is 2.68 bits per heavy atom.